The lowest BCUT2D eigenvalue weighted by atomic mass is 10.1. The Kier molecular flexibility index (Phi) is 4.20. The van der Waals surface area contributed by atoms with Crippen LogP contribution in [0.3, 0.4) is 0 Å². The van der Waals surface area contributed by atoms with Gasteiger partial charge in [0, 0.05) is 10.4 Å². The highest BCUT2D eigenvalue weighted by atomic mass is 32.1. The predicted octanol–water partition coefficient (Wildman–Crippen LogP) is 4.03. The Balaban J connectivity index is 1.72. The first-order chi connectivity index (χ1) is 10.7. The third-order valence-electron chi connectivity index (χ3n) is 3.15. The number of nitrogens with zero attached hydrogens (tertiary/aromatic N) is 1. The predicted molar refractivity (Wildman–Crippen MR) is 86.9 cm³/mol. The van der Waals surface area contributed by atoms with Gasteiger partial charge in [0.1, 0.15) is 11.4 Å². The molecule has 0 unspecified atom stereocenters. The second-order valence-electron chi connectivity index (χ2n) is 4.72. The number of carbonyl (C=O) groups excluding carboxylic acids is 1. The molecular weight excluding hydrogens is 298 g/mol. The van der Waals surface area contributed by atoms with Crippen molar-refractivity contribution in [1.82, 2.24) is 10.5 Å². The minimum absolute atomic E-state index is 0.281. The minimum atomic E-state index is -0.281. The molecule has 0 fully saturated rings. The molecule has 5 nitrogen and oxygen atoms in total. The molecule has 0 aliphatic carbocycles. The van der Waals surface area contributed by atoms with Gasteiger partial charge in [-0.2, -0.15) is 0 Å². The number of aryl methyl sites for hydroxylation is 1. The summed E-state index contributed by atoms with van der Waals surface area (Å²) in [4.78, 5) is 13.2. The largest absolute Gasteiger partial charge is 0.359 e. The summed E-state index contributed by atoms with van der Waals surface area (Å²) >= 11 is 1.60. The number of anilines is 1. The van der Waals surface area contributed by atoms with Gasteiger partial charge < -0.3 is 15.2 Å². The fourth-order valence-electron chi connectivity index (χ4n) is 2.05. The Morgan fingerprint density at radius 3 is 2.77 bits per heavy atom. The van der Waals surface area contributed by atoms with Gasteiger partial charge in [-0.1, -0.05) is 41.6 Å². The lowest BCUT2D eigenvalue weighted by Gasteiger charge is -2.07. The van der Waals surface area contributed by atoms with Gasteiger partial charge in [-0.15, -0.1) is 11.3 Å². The topological polar surface area (TPSA) is 67.2 Å². The number of hydrogen-bond acceptors (Lipinski definition) is 4. The van der Waals surface area contributed by atoms with Crippen molar-refractivity contribution in [3.63, 3.8) is 0 Å². The lowest BCUT2D eigenvalue weighted by Crippen LogP contribution is -2.28. The first kappa shape index (κ1) is 14.3. The van der Waals surface area contributed by atoms with E-state index >= 15 is 0 Å². The van der Waals surface area contributed by atoms with E-state index in [1.165, 1.54) is 0 Å². The third-order valence-corrected chi connectivity index (χ3v) is 4.03. The van der Waals surface area contributed by atoms with E-state index in [0.717, 1.165) is 10.4 Å². The third kappa shape index (κ3) is 3.17. The fraction of sp³-hybridized carbons (Fsp3) is 0.125. The number of rotatable bonds is 4. The van der Waals surface area contributed by atoms with Crippen molar-refractivity contribution in [2.24, 2.45) is 0 Å². The SMILES string of the molecule is Cc1onc(-c2ccccc2)c1NC(=O)NCc1cccs1. The highest BCUT2D eigenvalue weighted by molar-refractivity contribution is 7.09. The average molecular weight is 313 g/mol. The highest BCUT2D eigenvalue weighted by Gasteiger charge is 2.16. The molecule has 0 radical (unpaired) electrons. The van der Waals surface area contributed by atoms with Gasteiger partial charge in [0.25, 0.3) is 0 Å². The van der Waals surface area contributed by atoms with Crippen molar-refractivity contribution in [3.8, 4) is 11.3 Å². The van der Waals surface area contributed by atoms with E-state index in [-0.39, 0.29) is 6.03 Å². The first-order valence-corrected chi connectivity index (χ1v) is 7.71. The van der Waals surface area contributed by atoms with E-state index in [4.69, 9.17) is 4.52 Å². The molecule has 1 aromatic carbocycles. The molecule has 0 bridgehead atoms. The Morgan fingerprint density at radius 2 is 2.05 bits per heavy atom. The second-order valence-corrected chi connectivity index (χ2v) is 5.75. The van der Waals surface area contributed by atoms with Crippen LogP contribution in [0, 0.1) is 6.92 Å². The van der Waals surface area contributed by atoms with Crippen LogP contribution in [0.4, 0.5) is 10.5 Å². The van der Waals surface area contributed by atoms with Crippen LogP contribution in [0.2, 0.25) is 0 Å². The molecule has 0 spiro atoms. The number of aromatic nitrogens is 1. The molecule has 0 saturated heterocycles. The van der Waals surface area contributed by atoms with Crippen LogP contribution in [0.15, 0.2) is 52.4 Å². The van der Waals surface area contributed by atoms with Crippen molar-refractivity contribution >= 4 is 23.1 Å². The molecule has 0 aliphatic heterocycles. The normalized spacial score (nSPS) is 10.4. The molecule has 0 atom stereocenters. The second kappa shape index (κ2) is 6.44. The van der Waals surface area contributed by atoms with E-state index in [1.807, 2.05) is 47.8 Å². The molecule has 0 aliphatic rings. The summed E-state index contributed by atoms with van der Waals surface area (Å²) in [6, 6.07) is 13.3. The van der Waals surface area contributed by atoms with Gasteiger partial charge in [0.15, 0.2) is 5.76 Å². The Morgan fingerprint density at radius 1 is 1.23 bits per heavy atom. The molecule has 112 valence electrons. The number of benzene rings is 1. The molecule has 2 amide bonds. The molecule has 2 heterocycles. The Hall–Kier alpha value is -2.60. The highest BCUT2D eigenvalue weighted by Crippen LogP contribution is 2.29. The number of amides is 2. The molecule has 2 N–H and O–H groups in total. The standard InChI is InChI=1S/C16H15N3O2S/c1-11-14(15(19-21-11)12-6-3-2-4-7-12)18-16(20)17-10-13-8-5-9-22-13/h2-9H,10H2,1H3,(H2,17,18,20). The van der Waals surface area contributed by atoms with Crippen molar-refractivity contribution in [1.29, 1.82) is 0 Å². The zero-order chi connectivity index (χ0) is 15.4. The fourth-order valence-corrected chi connectivity index (χ4v) is 2.70. The summed E-state index contributed by atoms with van der Waals surface area (Å²) in [5, 5.41) is 11.7. The van der Waals surface area contributed by atoms with E-state index in [0.29, 0.717) is 23.7 Å². The monoisotopic (exact) mass is 313 g/mol. The van der Waals surface area contributed by atoms with Crippen LogP contribution >= 0.6 is 11.3 Å². The number of nitrogens with one attached hydrogen (secondary N) is 2. The Labute approximate surface area is 132 Å². The van der Waals surface area contributed by atoms with Gasteiger partial charge in [-0.05, 0) is 18.4 Å². The minimum Gasteiger partial charge on any atom is -0.359 e. The zero-order valence-corrected chi connectivity index (χ0v) is 12.8. The van der Waals surface area contributed by atoms with Crippen LogP contribution in [0.25, 0.3) is 11.3 Å². The van der Waals surface area contributed by atoms with E-state index in [1.54, 1.807) is 18.3 Å². The van der Waals surface area contributed by atoms with Crippen LogP contribution in [-0.2, 0) is 6.54 Å². The molecule has 2 aromatic heterocycles. The number of carbonyl (C=O) groups is 1. The average Bonchev–Trinajstić information content (AvgIpc) is 3.17. The first-order valence-electron chi connectivity index (χ1n) is 6.83. The summed E-state index contributed by atoms with van der Waals surface area (Å²) in [6.45, 7) is 2.27. The summed E-state index contributed by atoms with van der Waals surface area (Å²) in [5.74, 6) is 0.574. The molecule has 3 aromatic rings. The maximum absolute atomic E-state index is 12.1. The smallest absolute Gasteiger partial charge is 0.319 e. The van der Waals surface area contributed by atoms with Gasteiger partial charge in [0.2, 0.25) is 0 Å². The molecule has 3 rings (SSSR count). The number of thiophene rings is 1. The zero-order valence-electron chi connectivity index (χ0n) is 12.0. The van der Waals surface area contributed by atoms with Crippen molar-refractivity contribution in [3.05, 3.63) is 58.5 Å². The van der Waals surface area contributed by atoms with Gasteiger partial charge >= 0.3 is 6.03 Å². The van der Waals surface area contributed by atoms with Crippen molar-refractivity contribution in [2.75, 3.05) is 5.32 Å². The molecule has 6 heteroatoms. The number of hydrogen-bond donors (Lipinski definition) is 2. The number of urea groups is 1. The van der Waals surface area contributed by atoms with Crippen LogP contribution in [-0.4, -0.2) is 11.2 Å². The lowest BCUT2D eigenvalue weighted by molar-refractivity contribution is 0.252. The van der Waals surface area contributed by atoms with E-state index < -0.39 is 0 Å². The molecular formula is C16H15N3O2S. The van der Waals surface area contributed by atoms with Crippen molar-refractivity contribution < 1.29 is 9.32 Å². The van der Waals surface area contributed by atoms with E-state index in [2.05, 4.69) is 15.8 Å². The quantitative estimate of drug-likeness (QED) is 0.764. The van der Waals surface area contributed by atoms with Crippen LogP contribution < -0.4 is 10.6 Å². The summed E-state index contributed by atoms with van der Waals surface area (Å²) in [5.41, 5.74) is 2.12. The maximum atomic E-state index is 12.1. The summed E-state index contributed by atoms with van der Waals surface area (Å²) < 4.78 is 5.21. The van der Waals surface area contributed by atoms with Gasteiger partial charge in [0.05, 0.1) is 6.54 Å². The van der Waals surface area contributed by atoms with Gasteiger partial charge in [-0.3, -0.25) is 0 Å². The summed E-state index contributed by atoms with van der Waals surface area (Å²) in [6.07, 6.45) is 0. The van der Waals surface area contributed by atoms with Crippen molar-refractivity contribution in [2.45, 2.75) is 13.5 Å². The molecule has 22 heavy (non-hydrogen) atoms. The van der Waals surface area contributed by atoms with Gasteiger partial charge in [-0.25, -0.2) is 4.79 Å². The molecule has 0 saturated carbocycles. The van der Waals surface area contributed by atoms with Crippen LogP contribution in [0.1, 0.15) is 10.6 Å². The summed E-state index contributed by atoms with van der Waals surface area (Å²) in [7, 11) is 0. The maximum Gasteiger partial charge on any atom is 0.319 e. The Bertz CT molecular complexity index is 751. The van der Waals surface area contributed by atoms with E-state index in [9.17, 15) is 4.79 Å². The van der Waals surface area contributed by atoms with Crippen LogP contribution in [0.5, 0.6) is 0 Å².